The molecule has 2 aliphatic rings. The van der Waals surface area contributed by atoms with Crippen LogP contribution in [0.15, 0.2) is 78.9 Å². The number of non-ortho nitro benzene ring substituents is 1. The van der Waals surface area contributed by atoms with Gasteiger partial charge < -0.3 is 0 Å². The number of hydrogen-bond donors (Lipinski definition) is 0. The van der Waals surface area contributed by atoms with E-state index in [4.69, 9.17) is 16.4 Å². The van der Waals surface area contributed by atoms with E-state index >= 15 is 0 Å². The van der Waals surface area contributed by atoms with Gasteiger partial charge in [0.15, 0.2) is 6.10 Å². The monoisotopic (exact) mass is 449 g/mol. The van der Waals surface area contributed by atoms with Gasteiger partial charge in [0, 0.05) is 17.2 Å². The maximum absolute atomic E-state index is 13.5. The molecule has 0 spiro atoms. The van der Waals surface area contributed by atoms with Gasteiger partial charge in [-0.15, -0.1) is 0 Å². The minimum absolute atomic E-state index is 0.126. The van der Waals surface area contributed by atoms with Crippen LogP contribution < -0.4 is 9.96 Å². The normalized spacial score (nSPS) is 22.3. The Morgan fingerprint density at radius 3 is 2.12 bits per heavy atom. The van der Waals surface area contributed by atoms with Crippen molar-refractivity contribution in [1.82, 2.24) is 0 Å². The lowest BCUT2D eigenvalue weighted by Crippen LogP contribution is -2.37. The zero-order valence-corrected chi connectivity index (χ0v) is 17.3. The van der Waals surface area contributed by atoms with Crippen molar-refractivity contribution in [3.05, 3.63) is 99.6 Å². The van der Waals surface area contributed by atoms with Gasteiger partial charge in [-0.05, 0) is 42.0 Å². The number of para-hydroxylation sites is 1. The van der Waals surface area contributed by atoms with Crippen molar-refractivity contribution in [3.63, 3.8) is 0 Å². The number of hydrogen-bond acceptors (Lipinski definition) is 6. The minimum Gasteiger partial charge on any atom is -0.273 e. The van der Waals surface area contributed by atoms with Gasteiger partial charge in [-0.3, -0.25) is 24.5 Å². The second-order valence-corrected chi connectivity index (χ2v) is 7.93. The largest absolute Gasteiger partial charge is 0.273 e. The zero-order valence-electron chi connectivity index (χ0n) is 16.5. The Morgan fingerprint density at radius 1 is 0.844 bits per heavy atom. The number of nitro benzene ring substituents is 1. The number of nitro groups is 1. The highest BCUT2D eigenvalue weighted by Crippen LogP contribution is 2.47. The van der Waals surface area contributed by atoms with Crippen LogP contribution in [0, 0.1) is 16.0 Å². The summed E-state index contributed by atoms with van der Waals surface area (Å²) < 4.78 is 0. The average molecular weight is 450 g/mol. The fourth-order valence-electron chi connectivity index (χ4n) is 4.19. The Hall–Kier alpha value is -3.75. The number of fused-ring (bicyclic) bond motifs is 1. The van der Waals surface area contributed by atoms with E-state index in [-0.39, 0.29) is 11.4 Å². The molecule has 0 N–H and O–H groups in total. The van der Waals surface area contributed by atoms with Crippen LogP contribution in [0.25, 0.3) is 0 Å². The molecule has 0 aliphatic carbocycles. The molecule has 0 aromatic heterocycles. The molecular formula is C23H16ClN3O5. The Morgan fingerprint density at radius 2 is 1.50 bits per heavy atom. The van der Waals surface area contributed by atoms with Crippen molar-refractivity contribution in [3.8, 4) is 0 Å². The first-order valence-electron chi connectivity index (χ1n) is 9.84. The van der Waals surface area contributed by atoms with Crippen molar-refractivity contribution in [1.29, 1.82) is 0 Å². The van der Waals surface area contributed by atoms with E-state index in [0.717, 1.165) is 10.5 Å². The van der Waals surface area contributed by atoms with Crippen LogP contribution in [0.3, 0.4) is 0 Å². The number of carbonyl (C=O) groups excluding carboxylic acids is 2. The van der Waals surface area contributed by atoms with Crippen LogP contribution in [0.4, 0.5) is 17.1 Å². The lowest BCUT2D eigenvalue weighted by atomic mass is 9.90. The van der Waals surface area contributed by atoms with Crippen molar-refractivity contribution >= 4 is 40.5 Å². The topological polar surface area (TPSA) is 93.0 Å². The number of amides is 2. The average Bonchev–Trinajstić information content (AvgIpc) is 3.31. The molecule has 2 amide bonds. The van der Waals surface area contributed by atoms with Gasteiger partial charge in [-0.25, -0.2) is 9.96 Å². The van der Waals surface area contributed by atoms with E-state index < -0.39 is 34.8 Å². The predicted molar refractivity (Wildman–Crippen MR) is 117 cm³/mol. The van der Waals surface area contributed by atoms with Gasteiger partial charge in [0.2, 0.25) is 5.91 Å². The van der Waals surface area contributed by atoms with Gasteiger partial charge in [-0.2, -0.15) is 0 Å². The number of imide groups is 1. The summed E-state index contributed by atoms with van der Waals surface area (Å²) in [6, 6.07) is 21.0. The number of anilines is 2. The molecule has 3 aromatic carbocycles. The van der Waals surface area contributed by atoms with Crippen molar-refractivity contribution in [2.75, 3.05) is 9.96 Å². The predicted octanol–water partition coefficient (Wildman–Crippen LogP) is 4.30. The van der Waals surface area contributed by atoms with Gasteiger partial charge in [0.05, 0.1) is 22.3 Å². The summed E-state index contributed by atoms with van der Waals surface area (Å²) in [5.41, 5.74) is 1.63. The number of benzene rings is 3. The highest BCUT2D eigenvalue weighted by atomic mass is 35.5. The summed E-state index contributed by atoms with van der Waals surface area (Å²) in [4.78, 5) is 44.2. The van der Waals surface area contributed by atoms with Crippen LogP contribution in [0.5, 0.6) is 0 Å². The Kier molecular flexibility index (Phi) is 4.88. The zero-order chi connectivity index (χ0) is 22.4. The molecule has 2 saturated heterocycles. The van der Waals surface area contributed by atoms with E-state index in [2.05, 4.69) is 0 Å². The van der Waals surface area contributed by atoms with Crippen LogP contribution in [-0.4, -0.2) is 22.8 Å². The number of hydroxylamine groups is 1. The molecule has 2 fully saturated rings. The lowest BCUT2D eigenvalue weighted by Gasteiger charge is -2.28. The molecule has 32 heavy (non-hydrogen) atoms. The van der Waals surface area contributed by atoms with Crippen LogP contribution >= 0.6 is 11.6 Å². The van der Waals surface area contributed by atoms with Crippen LogP contribution in [0.1, 0.15) is 11.6 Å². The molecule has 2 heterocycles. The molecule has 0 saturated carbocycles. The molecule has 5 rings (SSSR count). The van der Waals surface area contributed by atoms with Crippen molar-refractivity contribution in [2.24, 2.45) is 5.92 Å². The standard InChI is InChI=1S/C23H16ClN3O5/c24-15-8-6-14(7-9-15)20-19-21(32-26(20)17-4-2-1-3-5-17)23(29)25(22(19)28)16-10-12-18(13-11-16)27(30)31/h1-13,19-21H/t19-,20-,21-/m1/s1. The summed E-state index contributed by atoms with van der Waals surface area (Å²) in [6.07, 6.45) is -1.02. The van der Waals surface area contributed by atoms with E-state index in [9.17, 15) is 19.7 Å². The molecule has 0 bridgehead atoms. The maximum atomic E-state index is 13.5. The highest BCUT2D eigenvalue weighted by molar-refractivity contribution is 6.30. The SMILES string of the molecule is O=C1[C@@H]2[C@@H](c3ccc(Cl)cc3)N(c3ccccc3)O[C@H]2C(=O)N1c1ccc([N+](=O)[O-])cc1. The van der Waals surface area contributed by atoms with E-state index in [1.54, 1.807) is 29.3 Å². The van der Waals surface area contributed by atoms with Crippen LogP contribution in [0.2, 0.25) is 5.02 Å². The molecule has 0 unspecified atom stereocenters. The summed E-state index contributed by atoms with van der Waals surface area (Å²) in [5.74, 6) is -1.72. The molecule has 2 aliphatic heterocycles. The maximum Gasteiger partial charge on any atom is 0.269 e. The summed E-state index contributed by atoms with van der Waals surface area (Å²) in [6.45, 7) is 0. The Balaban J connectivity index is 1.55. The molecule has 160 valence electrons. The second-order valence-electron chi connectivity index (χ2n) is 7.49. The van der Waals surface area contributed by atoms with Crippen LogP contribution in [-0.2, 0) is 14.4 Å². The van der Waals surface area contributed by atoms with Gasteiger partial charge in [-0.1, -0.05) is 41.9 Å². The van der Waals surface area contributed by atoms with Crippen molar-refractivity contribution < 1.29 is 19.3 Å². The summed E-state index contributed by atoms with van der Waals surface area (Å²) in [7, 11) is 0. The fraction of sp³-hybridized carbons (Fsp3) is 0.130. The van der Waals surface area contributed by atoms with E-state index in [0.29, 0.717) is 10.7 Å². The van der Waals surface area contributed by atoms with Crippen molar-refractivity contribution in [2.45, 2.75) is 12.1 Å². The molecule has 3 aromatic rings. The Labute approximate surface area is 187 Å². The highest BCUT2D eigenvalue weighted by Gasteiger charge is 2.60. The molecule has 3 atom stereocenters. The molecular weight excluding hydrogens is 434 g/mol. The summed E-state index contributed by atoms with van der Waals surface area (Å²) in [5, 5.41) is 13.1. The quantitative estimate of drug-likeness (QED) is 0.335. The lowest BCUT2D eigenvalue weighted by molar-refractivity contribution is -0.384. The number of nitrogens with zero attached hydrogens (tertiary/aromatic N) is 3. The number of rotatable bonds is 4. The molecule has 8 nitrogen and oxygen atoms in total. The fourth-order valence-corrected chi connectivity index (χ4v) is 4.32. The second kappa shape index (κ2) is 7.74. The first-order valence-corrected chi connectivity index (χ1v) is 10.2. The smallest absolute Gasteiger partial charge is 0.269 e. The molecule has 0 radical (unpaired) electrons. The third kappa shape index (κ3) is 3.21. The third-order valence-electron chi connectivity index (χ3n) is 5.66. The minimum atomic E-state index is -1.02. The Bertz CT molecular complexity index is 1200. The van der Waals surface area contributed by atoms with Gasteiger partial charge in [0.1, 0.15) is 5.92 Å². The number of carbonyl (C=O) groups is 2. The summed E-state index contributed by atoms with van der Waals surface area (Å²) >= 11 is 6.05. The van der Waals surface area contributed by atoms with Gasteiger partial charge in [0.25, 0.3) is 11.6 Å². The van der Waals surface area contributed by atoms with E-state index in [1.807, 2.05) is 30.3 Å². The van der Waals surface area contributed by atoms with E-state index in [1.165, 1.54) is 24.3 Å². The first-order chi connectivity index (χ1) is 15.5. The first kappa shape index (κ1) is 20.2. The molecule has 9 heteroatoms. The third-order valence-corrected chi connectivity index (χ3v) is 5.91. The van der Waals surface area contributed by atoms with Gasteiger partial charge >= 0.3 is 0 Å². The number of halogens is 1.